The van der Waals surface area contributed by atoms with E-state index in [1.807, 2.05) is 19.2 Å². The van der Waals surface area contributed by atoms with E-state index in [1.54, 1.807) is 7.11 Å². The molecule has 1 aliphatic heterocycles. The highest BCUT2D eigenvalue weighted by atomic mass is 16.5. The van der Waals surface area contributed by atoms with E-state index in [4.69, 9.17) is 9.47 Å². The van der Waals surface area contributed by atoms with Crippen LogP contribution in [0, 0.1) is 0 Å². The van der Waals surface area contributed by atoms with Crippen molar-refractivity contribution in [2.75, 3.05) is 26.7 Å². The fourth-order valence-electron chi connectivity index (χ4n) is 4.20. The van der Waals surface area contributed by atoms with E-state index in [9.17, 15) is 4.79 Å². The summed E-state index contributed by atoms with van der Waals surface area (Å²) in [5, 5.41) is 4.09. The zero-order valence-electron chi connectivity index (χ0n) is 19.2. The quantitative estimate of drug-likeness (QED) is 0.579. The standard InChI is InChI=1S/C25H37N3O3/c1-4-6-8-19-17-20-9-7-13-27-25(20)22(18-19)31-21-11-15-28(16-12-21)24(30-3)10-14-26-23(29)5-2/h7,9,13,17-18,21,24H,4-6,8,10-12,14-16H2,1-3H3,(H,26,29). The van der Waals surface area contributed by atoms with E-state index in [1.165, 1.54) is 18.4 Å². The maximum atomic E-state index is 11.5. The van der Waals surface area contributed by atoms with Crippen molar-refractivity contribution < 1.29 is 14.3 Å². The Morgan fingerprint density at radius 2 is 2.10 bits per heavy atom. The number of unbranched alkanes of at least 4 members (excludes halogenated alkanes) is 1. The van der Waals surface area contributed by atoms with Gasteiger partial charge in [-0.15, -0.1) is 0 Å². The lowest BCUT2D eigenvalue weighted by Crippen LogP contribution is -2.46. The predicted octanol–water partition coefficient (Wildman–Crippen LogP) is 4.31. The normalized spacial score (nSPS) is 16.4. The summed E-state index contributed by atoms with van der Waals surface area (Å²) < 4.78 is 12.2. The average Bonchev–Trinajstić information content (AvgIpc) is 2.81. The number of hydrogen-bond acceptors (Lipinski definition) is 5. The van der Waals surface area contributed by atoms with Gasteiger partial charge in [0.25, 0.3) is 0 Å². The van der Waals surface area contributed by atoms with Gasteiger partial charge in [-0.1, -0.05) is 26.3 Å². The number of methoxy groups -OCH3 is 1. The van der Waals surface area contributed by atoms with Crippen molar-refractivity contribution in [2.45, 2.75) is 71.1 Å². The first kappa shape index (κ1) is 23.5. The van der Waals surface area contributed by atoms with Crippen molar-refractivity contribution in [1.82, 2.24) is 15.2 Å². The lowest BCUT2D eigenvalue weighted by atomic mass is 10.0. The van der Waals surface area contributed by atoms with Crippen molar-refractivity contribution in [3.63, 3.8) is 0 Å². The number of ether oxygens (including phenoxy) is 2. The smallest absolute Gasteiger partial charge is 0.219 e. The highest BCUT2D eigenvalue weighted by Crippen LogP contribution is 2.29. The third-order valence-electron chi connectivity index (χ3n) is 6.03. The van der Waals surface area contributed by atoms with Crippen LogP contribution >= 0.6 is 0 Å². The Morgan fingerprint density at radius 3 is 2.81 bits per heavy atom. The van der Waals surface area contributed by atoms with Gasteiger partial charge in [-0.05, 0) is 49.4 Å². The monoisotopic (exact) mass is 427 g/mol. The number of nitrogens with one attached hydrogen (secondary N) is 1. The Hall–Kier alpha value is -2.18. The third-order valence-corrected chi connectivity index (χ3v) is 6.03. The SMILES string of the molecule is CCCCc1cc(OC2CCN(C(CCNC(=O)CC)OC)CC2)c2ncccc2c1. The minimum absolute atomic E-state index is 0.0259. The molecule has 0 saturated carbocycles. The second kappa shape index (κ2) is 12.0. The highest BCUT2D eigenvalue weighted by molar-refractivity contribution is 5.85. The molecule has 2 heterocycles. The Balaban J connectivity index is 1.59. The number of aryl methyl sites for hydroxylation is 1. The third kappa shape index (κ3) is 6.65. The van der Waals surface area contributed by atoms with Crippen LogP contribution in [0.2, 0.25) is 0 Å². The molecule has 0 radical (unpaired) electrons. The summed E-state index contributed by atoms with van der Waals surface area (Å²) >= 11 is 0. The molecule has 2 aromatic rings. The molecule has 1 fully saturated rings. The van der Waals surface area contributed by atoms with Crippen LogP contribution in [0.15, 0.2) is 30.5 Å². The predicted molar refractivity (Wildman–Crippen MR) is 124 cm³/mol. The van der Waals surface area contributed by atoms with Gasteiger partial charge in [0.15, 0.2) is 0 Å². The molecule has 1 saturated heterocycles. The first-order chi connectivity index (χ1) is 15.1. The van der Waals surface area contributed by atoms with E-state index >= 15 is 0 Å². The minimum Gasteiger partial charge on any atom is -0.488 e. The second-order valence-electron chi connectivity index (χ2n) is 8.31. The van der Waals surface area contributed by atoms with Gasteiger partial charge in [0.05, 0.1) is 0 Å². The number of hydrogen-bond donors (Lipinski definition) is 1. The number of pyridine rings is 1. The zero-order valence-corrected chi connectivity index (χ0v) is 19.2. The number of aromatic nitrogens is 1. The maximum absolute atomic E-state index is 11.5. The van der Waals surface area contributed by atoms with Crippen LogP contribution in [0.3, 0.4) is 0 Å². The number of piperidine rings is 1. The summed E-state index contributed by atoms with van der Waals surface area (Å²) in [6, 6.07) is 8.54. The van der Waals surface area contributed by atoms with Crippen molar-refractivity contribution in [3.05, 3.63) is 36.0 Å². The van der Waals surface area contributed by atoms with Crippen molar-refractivity contribution in [2.24, 2.45) is 0 Å². The van der Waals surface area contributed by atoms with Gasteiger partial charge in [-0.25, -0.2) is 0 Å². The summed E-state index contributed by atoms with van der Waals surface area (Å²) in [6.45, 7) is 6.58. The van der Waals surface area contributed by atoms with Crippen LogP contribution < -0.4 is 10.1 Å². The van der Waals surface area contributed by atoms with Gasteiger partial charge in [0, 0.05) is 51.2 Å². The highest BCUT2D eigenvalue weighted by Gasteiger charge is 2.26. The number of amides is 1. The molecule has 1 aromatic heterocycles. The van der Waals surface area contributed by atoms with Gasteiger partial charge in [0.1, 0.15) is 23.6 Å². The molecule has 0 bridgehead atoms. The lowest BCUT2D eigenvalue weighted by Gasteiger charge is -2.36. The summed E-state index contributed by atoms with van der Waals surface area (Å²) in [5.41, 5.74) is 2.27. The largest absolute Gasteiger partial charge is 0.488 e. The number of carbonyl (C=O) groups excluding carboxylic acids is 1. The zero-order chi connectivity index (χ0) is 22.1. The maximum Gasteiger partial charge on any atom is 0.219 e. The van der Waals surface area contributed by atoms with Crippen LogP contribution in [0.1, 0.15) is 57.9 Å². The molecule has 170 valence electrons. The van der Waals surface area contributed by atoms with E-state index < -0.39 is 0 Å². The Morgan fingerprint density at radius 1 is 1.29 bits per heavy atom. The number of nitrogens with zero attached hydrogens (tertiary/aromatic N) is 2. The molecule has 1 amide bonds. The molecule has 1 N–H and O–H groups in total. The van der Waals surface area contributed by atoms with E-state index in [-0.39, 0.29) is 18.2 Å². The second-order valence-corrected chi connectivity index (χ2v) is 8.31. The summed E-state index contributed by atoms with van der Waals surface area (Å²) in [5.74, 6) is 0.997. The molecule has 6 nitrogen and oxygen atoms in total. The first-order valence-electron chi connectivity index (χ1n) is 11.7. The summed E-state index contributed by atoms with van der Waals surface area (Å²) in [6.07, 6.45) is 8.69. The summed E-state index contributed by atoms with van der Waals surface area (Å²) in [4.78, 5) is 18.4. The van der Waals surface area contributed by atoms with Gasteiger partial charge in [-0.3, -0.25) is 14.7 Å². The number of benzene rings is 1. The van der Waals surface area contributed by atoms with Gasteiger partial charge in [0.2, 0.25) is 5.91 Å². The Bertz CT molecular complexity index is 834. The van der Waals surface area contributed by atoms with E-state index in [0.717, 1.165) is 55.4 Å². The molecule has 1 atom stereocenters. The molecule has 1 aliphatic rings. The molecule has 3 rings (SSSR count). The number of carbonyl (C=O) groups is 1. The molecular formula is C25H37N3O3. The fraction of sp³-hybridized carbons (Fsp3) is 0.600. The van der Waals surface area contributed by atoms with E-state index in [0.29, 0.717) is 13.0 Å². The first-order valence-corrected chi connectivity index (χ1v) is 11.7. The van der Waals surface area contributed by atoms with Gasteiger partial charge >= 0.3 is 0 Å². The number of likely N-dealkylation sites (tertiary alicyclic amines) is 1. The van der Waals surface area contributed by atoms with Crippen LogP contribution in [-0.4, -0.2) is 54.9 Å². The Labute approximate surface area is 186 Å². The molecule has 1 unspecified atom stereocenters. The molecule has 0 spiro atoms. The van der Waals surface area contributed by atoms with Crippen LogP contribution in [0.25, 0.3) is 10.9 Å². The van der Waals surface area contributed by atoms with Crippen LogP contribution in [-0.2, 0) is 16.0 Å². The van der Waals surface area contributed by atoms with Crippen LogP contribution in [0.5, 0.6) is 5.75 Å². The molecule has 6 heteroatoms. The van der Waals surface area contributed by atoms with Gasteiger partial charge in [-0.2, -0.15) is 0 Å². The number of rotatable bonds is 11. The average molecular weight is 428 g/mol. The van der Waals surface area contributed by atoms with Gasteiger partial charge < -0.3 is 14.8 Å². The molecule has 0 aliphatic carbocycles. The topological polar surface area (TPSA) is 63.7 Å². The van der Waals surface area contributed by atoms with Crippen molar-refractivity contribution >= 4 is 16.8 Å². The lowest BCUT2D eigenvalue weighted by molar-refractivity contribution is -0.121. The fourth-order valence-corrected chi connectivity index (χ4v) is 4.20. The van der Waals surface area contributed by atoms with E-state index in [2.05, 4.69) is 40.3 Å². The molecular weight excluding hydrogens is 390 g/mol. The minimum atomic E-state index is 0.0259. The number of fused-ring (bicyclic) bond motifs is 1. The summed E-state index contributed by atoms with van der Waals surface area (Å²) in [7, 11) is 1.74. The van der Waals surface area contributed by atoms with Crippen LogP contribution in [0.4, 0.5) is 0 Å². The molecule has 1 aromatic carbocycles. The van der Waals surface area contributed by atoms with Crippen molar-refractivity contribution in [1.29, 1.82) is 0 Å². The van der Waals surface area contributed by atoms with Crippen molar-refractivity contribution in [3.8, 4) is 5.75 Å². The Kier molecular flexibility index (Phi) is 9.10. The molecule has 31 heavy (non-hydrogen) atoms.